The lowest BCUT2D eigenvalue weighted by molar-refractivity contribution is 0.407. The standard InChI is InChI=1S/C10H10N2O2/c1-14-10-5-8(4-9(13)6-10)12-3-2-11-7-12/h2-7,13H,1H3. The maximum Gasteiger partial charge on any atom is 0.124 e. The Morgan fingerprint density at radius 1 is 1.36 bits per heavy atom. The van der Waals surface area contributed by atoms with Crippen LogP contribution in [0.2, 0.25) is 0 Å². The Balaban J connectivity index is 2.48. The second-order valence-corrected chi connectivity index (χ2v) is 2.86. The van der Waals surface area contributed by atoms with Crippen molar-refractivity contribution in [3.8, 4) is 17.2 Å². The number of phenolic OH excluding ortho intramolecular Hbond substituents is 1. The van der Waals surface area contributed by atoms with Gasteiger partial charge in [-0.2, -0.15) is 0 Å². The first kappa shape index (κ1) is 8.62. The number of phenols is 1. The molecule has 0 unspecified atom stereocenters. The highest BCUT2D eigenvalue weighted by molar-refractivity contribution is 5.45. The number of imidazole rings is 1. The average molecular weight is 190 g/mol. The molecule has 0 spiro atoms. The third-order valence-corrected chi connectivity index (χ3v) is 1.91. The maximum absolute atomic E-state index is 9.41. The molecular formula is C10H10N2O2. The molecule has 0 fully saturated rings. The summed E-state index contributed by atoms with van der Waals surface area (Å²) in [6, 6.07) is 5.02. The summed E-state index contributed by atoms with van der Waals surface area (Å²) in [7, 11) is 1.56. The van der Waals surface area contributed by atoms with Gasteiger partial charge in [-0.25, -0.2) is 4.98 Å². The number of rotatable bonds is 2. The lowest BCUT2D eigenvalue weighted by Crippen LogP contribution is -1.91. The van der Waals surface area contributed by atoms with Gasteiger partial charge in [0.1, 0.15) is 11.5 Å². The molecule has 0 atom stereocenters. The topological polar surface area (TPSA) is 47.3 Å². The van der Waals surface area contributed by atoms with Gasteiger partial charge in [0.15, 0.2) is 0 Å². The first-order valence-corrected chi connectivity index (χ1v) is 4.16. The molecule has 14 heavy (non-hydrogen) atoms. The Kier molecular flexibility index (Phi) is 2.10. The SMILES string of the molecule is COc1cc(O)cc(-n2ccnc2)c1. The number of ether oxygens (including phenoxy) is 1. The molecule has 0 bridgehead atoms. The van der Waals surface area contributed by atoms with Crippen LogP contribution in [-0.2, 0) is 0 Å². The molecule has 4 nitrogen and oxygen atoms in total. The fourth-order valence-corrected chi connectivity index (χ4v) is 1.25. The number of aromatic nitrogens is 2. The van der Waals surface area contributed by atoms with Gasteiger partial charge in [-0.15, -0.1) is 0 Å². The fourth-order valence-electron chi connectivity index (χ4n) is 1.25. The summed E-state index contributed by atoms with van der Waals surface area (Å²) in [6.07, 6.45) is 5.14. The van der Waals surface area contributed by atoms with Gasteiger partial charge in [0.2, 0.25) is 0 Å². The average Bonchev–Trinajstić information content (AvgIpc) is 2.69. The summed E-state index contributed by atoms with van der Waals surface area (Å²) >= 11 is 0. The Labute approximate surface area is 81.4 Å². The monoisotopic (exact) mass is 190 g/mol. The molecule has 0 aliphatic heterocycles. The van der Waals surface area contributed by atoms with E-state index in [9.17, 15) is 5.11 Å². The second kappa shape index (κ2) is 3.41. The Bertz CT molecular complexity index is 424. The molecule has 1 heterocycles. The first-order chi connectivity index (χ1) is 6.79. The molecular weight excluding hydrogens is 180 g/mol. The van der Waals surface area contributed by atoms with E-state index in [-0.39, 0.29) is 5.75 Å². The Morgan fingerprint density at radius 2 is 2.21 bits per heavy atom. The van der Waals surface area contributed by atoms with E-state index >= 15 is 0 Å². The smallest absolute Gasteiger partial charge is 0.124 e. The van der Waals surface area contributed by atoms with Crippen molar-refractivity contribution in [3.05, 3.63) is 36.9 Å². The van der Waals surface area contributed by atoms with Crippen LogP contribution < -0.4 is 4.74 Å². The molecule has 4 heteroatoms. The molecule has 1 N–H and O–H groups in total. The molecule has 2 aromatic rings. The predicted octanol–water partition coefficient (Wildman–Crippen LogP) is 1.59. The molecule has 1 aromatic heterocycles. The number of benzene rings is 1. The van der Waals surface area contributed by atoms with Crippen LogP contribution in [0.4, 0.5) is 0 Å². The van der Waals surface area contributed by atoms with Crippen LogP contribution in [-0.4, -0.2) is 21.8 Å². The van der Waals surface area contributed by atoms with Crippen molar-refractivity contribution in [1.29, 1.82) is 0 Å². The van der Waals surface area contributed by atoms with Gasteiger partial charge in [0.25, 0.3) is 0 Å². The van der Waals surface area contributed by atoms with Crippen molar-refractivity contribution in [1.82, 2.24) is 9.55 Å². The number of aromatic hydroxyl groups is 1. The minimum atomic E-state index is 0.174. The van der Waals surface area contributed by atoms with Crippen molar-refractivity contribution in [2.75, 3.05) is 7.11 Å². The highest BCUT2D eigenvalue weighted by Crippen LogP contribution is 2.23. The molecule has 1 aromatic carbocycles. The summed E-state index contributed by atoms with van der Waals surface area (Å²) in [6.45, 7) is 0. The number of methoxy groups -OCH3 is 1. The molecule has 0 aliphatic rings. The molecule has 0 amide bonds. The zero-order chi connectivity index (χ0) is 9.97. The highest BCUT2D eigenvalue weighted by atomic mass is 16.5. The third kappa shape index (κ3) is 1.54. The predicted molar refractivity (Wildman–Crippen MR) is 51.8 cm³/mol. The number of hydrogen-bond acceptors (Lipinski definition) is 3. The normalized spacial score (nSPS) is 10.1. The molecule has 0 aliphatic carbocycles. The van der Waals surface area contributed by atoms with Crippen LogP contribution in [0.25, 0.3) is 5.69 Å². The summed E-state index contributed by atoms with van der Waals surface area (Å²) in [4.78, 5) is 3.92. The van der Waals surface area contributed by atoms with Crippen LogP contribution in [0, 0.1) is 0 Å². The van der Waals surface area contributed by atoms with E-state index in [0.717, 1.165) is 5.69 Å². The van der Waals surface area contributed by atoms with Crippen molar-refractivity contribution in [3.63, 3.8) is 0 Å². The van der Waals surface area contributed by atoms with Crippen LogP contribution in [0.5, 0.6) is 11.5 Å². The Morgan fingerprint density at radius 3 is 2.86 bits per heavy atom. The maximum atomic E-state index is 9.41. The zero-order valence-corrected chi connectivity index (χ0v) is 7.71. The van der Waals surface area contributed by atoms with Crippen molar-refractivity contribution < 1.29 is 9.84 Å². The van der Waals surface area contributed by atoms with E-state index in [0.29, 0.717) is 5.75 Å². The van der Waals surface area contributed by atoms with Gasteiger partial charge in [-0.1, -0.05) is 0 Å². The molecule has 0 saturated carbocycles. The van der Waals surface area contributed by atoms with Crippen LogP contribution in [0.3, 0.4) is 0 Å². The van der Waals surface area contributed by atoms with Gasteiger partial charge < -0.3 is 14.4 Å². The van der Waals surface area contributed by atoms with Gasteiger partial charge in [-0.3, -0.25) is 0 Å². The summed E-state index contributed by atoms with van der Waals surface area (Å²) < 4.78 is 6.83. The minimum Gasteiger partial charge on any atom is -0.508 e. The van der Waals surface area contributed by atoms with E-state index in [1.807, 2.05) is 6.07 Å². The lowest BCUT2D eigenvalue weighted by Gasteiger charge is -2.06. The number of hydrogen-bond donors (Lipinski definition) is 1. The fraction of sp³-hybridized carbons (Fsp3) is 0.100. The largest absolute Gasteiger partial charge is 0.508 e. The first-order valence-electron chi connectivity index (χ1n) is 4.16. The molecule has 0 radical (unpaired) electrons. The van der Waals surface area contributed by atoms with Gasteiger partial charge in [0, 0.05) is 30.6 Å². The van der Waals surface area contributed by atoms with Gasteiger partial charge in [0.05, 0.1) is 19.1 Å². The van der Waals surface area contributed by atoms with E-state index in [2.05, 4.69) is 4.98 Å². The third-order valence-electron chi connectivity index (χ3n) is 1.91. The number of nitrogens with zero attached hydrogens (tertiary/aromatic N) is 2. The van der Waals surface area contributed by atoms with E-state index in [1.54, 1.807) is 42.5 Å². The molecule has 0 saturated heterocycles. The van der Waals surface area contributed by atoms with E-state index in [1.165, 1.54) is 0 Å². The summed E-state index contributed by atoms with van der Waals surface area (Å²) in [5.41, 5.74) is 0.819. The quantitative estimate of drug-likeness (QED) is 0.782. The van der Waals surface area contributed by atoms with Crippen molar-refractivity contribution >= 4 is 0 Å². The van der Waals surface area contributed by atoms with E-state index < -0.39 is 0 Å². The van der Waals surface area contributed by atoms with Crippen molar-refractivity contribution in [2.24, 2.45) is 0 Å². The van der Waals surface area contributed by atoms with Gasteiger partial charge in [-0.05, 0) is 0 Å². The molecule has 72 valence electrons. The van der Waals surface area contributed by atoms with E-state index in [4.69, 9.17) is 4.74 Å². The minimum absolute atomic E-state index is 0.174. The highest BCUT2D eigenvalue weighted by Gasteiger charge is 2.01. The summed E-state index contributed by atoms with van der Waals surface area (Å²) in [5.74, 6) is 0.793. The van der Waals surface area contributed by atoms with Crippen LogP contribution in [0.15, 0.2) is 36.9 Å². The van der Waals surface area contributed by atoms with Crippen LogP contribution in [0.1, 0.15) is 0 Å². The van der Waals surface area contributed by atoms with Crippen molar-refractivity contribution in [2.45, 2.75) is 0 Å². The Hall–Kier alpha value is -1.97. The van der Waals surface area contributed by atoms with Gasteiger partial charge >= 0.3 is 0 Å². The summed E-state index contributed by atoms with van der Waals surface area (Å²) in [5, 5.41) is 9.41. The second-order valence-electron chi connectivity index (χ2n) is 2.86. The van der Waals surface area contributed by atoms with Crippen LogP contribution >= 0.6 is 0 Å². The zero-order valence-electron chi connectivity index (χ0n) is 7.71. The lowest BCUT2D eigenvalue weighted by atomic mass is 10.3. The molecule has 2 rings (SSSR count).